The van der Waals surface area contributed by atoms with Crippen LogP contribution in [0.1, 0.15) is 16.7 Å². The van der Waals surface area contributed by atoms with Crippen LogP contribution in [-0.2, 0) is 16.0 Å². The highest BCUT2D eigenvalue weighted by molar-refractivity contribution is 6.42. The number of piperidine rings is 1. The van der Waals surface area contributed by atoms with Crippen molar-refractivity contribution in [3.8, 4) is 0 Å². The fourth-order valence-electron chi connectivity index (χ4n) is 3.99. The zero-order valence-electron chi connectivity index (χ0n) is 19.1. The van der Waals surface area contributed by atoms with E-state index in [1.807, 2.05) is 30.3 Å². The van der Waals surface area contributed by atoms with E-state index < -0.39 is 6.04 Å². The molecule has 8 heteroatoms. The van der Waals surface area contributed by atoms with Crippen LogP contribution in [0.25, 0.3) is 12.2 Å². The molecule has 1 atom stereocenters. The van der Waals surface area contributed by atoms with Crippen molar-refractivity contribution in [2.24, 2.45) is 5.73 Å². The van der Waals surface area contributed by atoms with E-state index in [0.717, 1.165) is 5.56 Å². The molecule has 0 aliphatic carbocycles. The first-order valence-electron chi connectivity index (χ1n) is 11.2. The number of carbonyl (C=O) groups excluding carboxylic acids is 2. The van der Waals surface area contributed by atoms with E-state index in [0.29, 0.717) is 48.8 Å². The maximum atomic E-state index is 13.4. The van der Waals surface area contributed by atoms with E-state index in [4.69, 9.17) is 52.1 Å². The third kappa shape index (κ3) is 6.39. The molecule has 1 heterocycles. The van der Waals surface area contributed by atoms with Crippen LogP contribution < -0.4 is 5.73 Å². The molecule has 1 aliphatic rings. The number of nitrogens with zero attached hydrogens (tertiary/aromatic N) is 1. The molecular weight excluding hydrogens is 538 g/mol. The van der Waals surface area contributed by atoms with Crippen LogP contribution in [0.5, 0.6) is 0 Å². The molecule has 0 bridgehead atoms. The Kier molecular flexibility index (Phi) is 8.55. The van der Waals surface area contributed by atoms with Gasteiger partial charge >= 0.3 is 0 Å². The summed E-state index contributed by atoms with van der Waals surface area (Å²) in [5, 5.41) is 1.58. The summed E-state index contributed by atoms with van der Waals surface area (Å²) in [4.78, 5) is 28.4. The summed E-state index contributed by atoms with van der Waals surface area (Å²) in [5.41, 5.74) is 9.54. The fraction of sp³-hybridized carbons (Fsp3) is 0.143. The zero-order valence-corrected chi connectivity index (χ0v) is 22.1. The number of hydrogen-bond acceptors (Lipinski definition) is 3. The minimum atomic E-state index is -0.752. The molecule has 4 rings (SSSR count). The van der Waals surface area contributed by atoms with Gasteiger partial charge in [0.15, 0.2) is 5.78 Å². The van der Waals surface area contributed by atoms with Gasteiger partial charge in [-0.1, -0.05) is 88.9 Å². The molecule has 0 spiro atoms. The number of benzene rings is 3. The average Bonchev–Trinajstić information content (AvgIpc) is 2.86. The summed E-state index contributed by atoms with van der Waals surface area (Å²) < 4.78 is 0. The Hall–Kier alpha value is -2.60. The number of rotatable bonds is 5. The van der Waals surface area contributed by atoms with Crippen LogP contribution >= 0.6 is 46.4 Å². The monoisotopic (exact) mass is 558 g/mol. The van der Waals surface area contributed by atoms with Crippen molar-refractivity contribution in [3.05, 3.63) is 115 Å². The predicted octanol–water partition coefficient (Wildman–Crippen LogP) is 6.75. The average molecular weight is 560 g/mol. The van der Waals surface area contributed by atoms with Gasteiger partial charge in [-0.3, -0.25) is 9.59 Å². The van der Waals surface area contributed by atoms with E-state index in [9.17, 15) is 9.59 Å². The lowest BCUT2D eigenvalue weighted by molar-refractivity contribution is -0.132. The van der Waals surface area contributed by atoms with Crippen LogP contribution in [0.3, 0.4) is 0 Å². The number of amides is 1. The second-order valence-corrected chi connectivity index (χ2v) is 10.1. The topological polar surface area (TPSA) is 63.4 Å². The number of ketones is 1. The van der Waals surface area contributed by atoms with Crippen LogP contribution in [0.15, 0.2) is 77.9 Å². The van der Waals surface area contributed by atoms with Gasteiger partial charge < -0.3 is 10.6 Å². The normalized spacial score (nSPS) is 17.0. The van der Waals surface area contributed by atoms with Gasteiger partial charge in [0.25, 0.3) is 0 Å². The smallest absolute Gasteiger partial charge is 0.240 e. The number of carbonyl (C=O) groups is 2. The summed E-state index contributed by atoms with van der Waals surface area (Å²) in [7, 11) is 0. The van der Waals surface area contributed by atoms with Gasteiger partial charge in [-0.2, -0.15) is 0 Å². The van der Waals surface area contributed by atoms with Gasteiger partial charge in [-0.15, -0.1) is 0 Å². The van der Waals surface area contributed by atoms with Crippen molar-refractivity contribution in [2.45, 2.75) is 12.5 Å². The Morgan fingerprint density at radius 2 is 1.31 bits per heavy atom. The van der Waals surface area contributed by atoms with E-state index in [-0.39, 0.29) is 24.8 Å². The van der Waals surface area contributed by atoms with Gasteiger partial charge in [-0.05, 0) is 59.5 Å². The lowest BCUT2D eigenvalue weighted by Gasteiger charge is -2.32. The van der Waals surface area contributed by atoms with E-state index >= 15 is 0 Å². The standard InChI is InChI=1S/C28H22Cl4N2O2/c29-22-8-6-18(12-24(22)31)10-20-15-34(28(36)26(33)14-17-4-2-1-3-5-17)16-21(27(20)35)11-19-7-9-23(30)25(32)13-19/h1-13,26H,14-16,33H2/b20-10+,21-11+/t26-/m1/s1. The maximum absolute atomic E-state index is 13.4. The summed E-state index contributed by atoms with van der Waals surface area (Å²) in [6.45, 7) is 0.248. The number of likely N-dealkylation sites (tertiary alicyclic amines) is 1. The molecule has 1 fully saturated rings. The molecule has 0 radical (unpaired) electrons. The Morgan fingerprint density at radius 1 is 0.806 bits per heavy atom. The van der Waals surface area contributed by atoms with E-state index in [2.05, 4.69) is 0 Å². The lowest BCUT2D eigenvalue weighted by Crippen LogP contribution is -2.49. The van der Waals surface area contributed by atoms with Crippen molar-refractivity contribution in [2.75, 3.05) is 13.1 Å². The van der Waals surface area contributed by atoms with E-state index in [1.165, 1.54) is 0 Å². The predicted molar refractivity (Wildman–Crippen MR) is 149 cm³/mol. The number of nitrogens with two attached hydrogens (primary N) is 1. The second kappa shape index (κ2) is 11.6. The molecular formula is C28H22Cl4N2O2. The van der Waals surface area contributed by atoms with E-state index in [1.54, 1.807) is 53.5 Å². The third-order valence-corrected chi connectivity index (χ3v) is 7.28. The molecule has 1 saturated heterocycles. The number of Topliss-reactive ketones (excluding diaryl/α,β-unsaturated/α-hetero) is 1. The highest BCUT2D eigenvalue weighted by atomic mass is 35.5. The van der Waals surface area contributed by atoms with Crippen molar-refractivity contribution >= 4 is 70.2 Å². The van der Waals surface area contributed by atoms with Crippen molar-refractivity contribution in [1.82, 2.24) is 4.90 Å². The maximum Gasteiger partial charge on any atom is 0.240 e. The minimum absolute atomic E-state index is 0.124. The highest BCUT2D eigenvalue weighted by Crippen LogP contribution is 2.28. The lowest BCUT2D eigenvalue weighted by atomic mass is 9.93. The van der Waals surface area contributed by atoms with Crippen molar-refractivity contribution in [1.29, 1.82) is 0 Å². The largest absolute Gasteiger partial charge is 0.332 e. The molecule has 2 N–H and O–H groups in total. The molecule has 1 amide bonds. The molecule has 1 aliphatic heterocycles. The quantitative estimate of drug-likeness (QED) is 0.352. The summed E-state index contributed by atoms with van der Waals surface area (Å²) in [5.74, 6) is -0.417. The Bertz CT molecular complexity index is 1300. The summed E-state index contributed by atoms with van der Waals surface area (Å²) in [6, 6.07) is 19.0. The second-order valence-electron chi connectivity index (χ2n) is 8.51. The summed E-state index contributed by atoms with van der Waals surface area (Å²) in [6.07, 6.45) is 3.83. The Balaban J connectivity index is 1.68. The van der Waals surface area contributed by atoms with Crippen LogP contribution in [0.2, 0.25) is 20.1 Å². The van der Waals surface area contributed by atoms with Crippen molar-refractivity contribution in [3.63, 3.8) is 0 Å². The molecule has 36 heavy (non-hydrogen) atoms. The van der Waals surface area contributed by atoms with Gasteiger partial charge in [-0.25, -0.2) is 0 Å². The first-order valence-corrected chi connectivity index (χ1v) is 12.7. The molecule has 3 aromatic carbocycles. The van der Waals surface area contributed by atoms with Gasteiger partial charge in [0.2, 0.25) is 5.91 Å². The Morgan fingerprint density at radius 3 is 1.78 bits per heavy atom. The van der Waals surface area contributed by atoms with Gasteiger partial charge in [0.05, 0.1) is 26.1 Å². The minimum Gasteiger partial charge on any atom is -0.332 e. The SMILES string of the molecule is N[C@H](Cc1ccccc1)C(=O)N1C/C(=C\c2ccc(Cl)c(Cl)c2)C(=O)/C(=C/c2ccc(Cl)c(Cl)c2)C1. The molecule has 0 saturated carbocycles. The van der Waals surface area contributed by atoms with Crippen molar-refractivity contribution < 1.29 is 9.59 Å². The molecule has 3 aromatic rings. The zero-order chi connectivity index (χ0) is 25.8. The van der Waals surface area contributed by atoms with Gasteiger partial charge in [0, 0.05) is 24.2 Å². The highest BCUT2D eigenvalue weighted by Gasteiger charge is 2.31. The molecule has 4 nitrogen and oxygen atoms in total. The Labute approximate surface area is 229 Å². The molecule has 0 unspecified atom stereocenters. The van der Waals surface area contributed by atoms with Crippen LogP contribution in [0.4, 0.5) is 0 Å². The fourth-order valence-corrected chi connectivity index (χ4v) is 4.60. The molecule has 0 aromatic heterocycles. The number of halogens is 4. The first-order chi connectivity index (χ1) is 17.2. The van der Waals surface area contributed by atoms with Crippen LogP contribution in [0, 0.1) is 0 Å². The molecule has 184 valence electrons. The third-order valence-electron chi connectivity index (χ3n) is 5.80. The van der Waals surface area contributed by atoms with Crippen LogP contribution in [-0.4, -0.2) is 35.7 Å². The van der Waals surface area contributed by atoms with Gasteiger partial charge in [0.1, 0.15) is 0 Å². The first kappa shape index (κ1) is 26.5. The summed E-state index contributed by atoms with van der Waals surface area (Å²) >= 11 is 24.4. The number of hydrogen-bond donors (Lipinski definition) is 1.